The Morgan fingerprint density at radius 2 is 1.79 bits per heavy atom. The van der Waals surface area contributed by atoms with Crippen LogP contribution in [0.5, 0.6) is 0 Å². The van der Waals surface area contributed by atoms with Gasteiger partial charge in [-0.25, -0.2) is 0 Å². The molecule has 1 aliphatic heterocycles. The van der Waals surface area contributed by atoms with E-state index < -0.39 is 0 Å². The maximum Gasteiger partial charge on any atom is 0.0591 e. The Balaban J connectivity index is 2.08. The van der Waals surface area contributed by atoms with Gasteiger partial charge >= 0.3 is 0 Å². The molecule has 0 spiro atoms. The van der Waals surface area contributed by atoms with Crippen LogP contribution in [0.3, 0.4) is 0 Å². The predicted octanol–water partition coefficient (Wildman–Crippen LogP) is 2.93. The predicted molar refractivity (Wildman–Crippen MR) is 81.3 cm³/mol. The van der Waals surface area contributed by atoms with Gasteiger partial charge in [-0.05, 0) is 22.8 Å². The fourth-order valence-corrected chi connectivity index (χ4v) is 3.67. The van der Waals surface area contributed by atoms with Gasteiger partial charge in [0.2, 0.25) is 0 Å². The molecule has 1 heterocycles. The van der Waals surface area contributed by atoms with Crippen LogP contribution in [0.1, 0.15) is 22.7 Å². The number of rotatable bonds is 3. The lowest BCUT2D eigenvalue weighted by Gasteiger charge is -2.21. The van der Waals surface area contributed by atoms with Crippen LogP contribution in [0.4, 0.5) is 0 Å². The van der Waals surface area contributed by atoms with E-state index in [0.29, 0.717) is 6.54 Å². The van der Waals surface area contributed by atoms with Gasteiger partial charge in [-0.1, -0.05) is 42.5 Å². The summed E-state index contributed by atoms with van der Waals surface area (Å²) in [6.07, 6.45) is 0. The monoisotopic (exact) mass is 270 g/mol. The van der Waals surface area contributed by atoms with Crippen LogP contribution in [-0.4, -0.2) is 13.1 Å². The summed E-state index contributed by atoms with van der Waals surface area (Å²) in [4.78, 5) is 1.37. The molecule has 0 bridgehead atoms. The van der Waals surface area contributed by atoms with Crippen molar-refractivity contribution in [3.05, 3.63) is 65.2 Å². The fraction of sp³-hybridized carbons (Fsp3) is 0.250. The van der Waals surface area contributed by atoms with E-state index in [9.17, 15) is 0 Å². The van der Waals surface area contributed by atoms with Crippen molar-refractivity contribution < 1.29 is 0 Å². The first-order valence-corrected chi connectivity index (χ1v) is 7.61. The van der Waals surface area contributed by atoms with Gasteiger partial charge in [-0.2, -0.15) is 0 Å². The molecule has 0 saturated heterocycles. The van der Waals surface area contributed by atoms with Gasteiger partial charge in [0, 0.05) is 23.7 Å². The quantitative estimate of drug-likeness (QED) is 0.900. The molecular weight excluding hydrogens is 252 g/mol. The smallest absolute Gasteiger partial charge is 0.0591 e. The van der Waals surface area contributed by atoms with Crippen molar-refractivity contribution in [3.8, 4) is 0 Å². The minimum atomic E-state index is 0.256. The molecular formula is C16H18N2S. The summed E-state index contributed by atoms with van der Waals surface area (Å²) in [6.45, 7) is 1.49. The van der Waals surface area contributed by atoms with Crippen molar-refractivity contribution in [2.45, 2.75) is 16.7 Å². The van der Waals surface area contributed by atoms with Crippen molar-refractivity contribution in [3.63, 3.8) is 0 Å². The molecule has 3 N–H and O–H groups in total. The summed E-state index contributed by atoms with van der Waals surface area (Å²) in [6, 6.07) is 17.6. The van der Waals surface area contributed by atoms with Crippen molar-refractivity contribution in [1.82, 2.24) is 5.32 Å². The number of thioether (sulfide) groups is 1. The topological polar surface area (TPSA) is 38.0 Å². The Morgan fingerprint density at radius 3 is 2.63 bits per heavy atom. The Labute approximate surface area is 118 Å². The molecule has 3 rings (SSSR count). The first-order valence-electron chi connectivity index (χ1n) is 6.63. The highest BCUT2D eigenvalue weighted by Crippen LogP contribution is 2.38. The van der Waals surface area contributed by atoms with E-state index in [0.717, 1.165) is 12.3 Å². The zero-order chi connectivity index (χ0) is 13.1. The summed E-state index contributed by atoms with van der Waals surface area (Å²) in [5.74, 6) is 1.04. The lowest BCUT2D eigenvalue weighted by molar-refractivity contribution is 0.603. The minimum Gasteiger partial charge on any atom is -0.329 e. The molecule has 2 aromatic carbocycles. The highest BCUT2D eigenvalue weighted by molar-refractivity contribution is 7.98. The summed E-state index contributed by atoms with van der Waals surface area (Å²) >= 11 is 1.92. The van der Waals surface area contributed by atoms with Crippen LogP contribution < -0.4 is 11.1 Å². The second-order valence-electron chi connectivity index (χ2n) is 4.70. The number of hydrogen-bond acceptors (Lipinski definition) is 3. The van der Waals surface area contributed by atoms with Gasteiger partial charge in [0.05, 0.1) is 6.04 Å². The van der Waals surface area contributed by atoms with Crippen LogP contribution in [0.15, 0.2) is 53.4 Å². The van der Waals surface area contributed by atoms with Crippen LogP contribution >= 0.6 is 11.8 Å². The van der Waals surface area contributed by atoms with Gasteiger partial charge in [0.25, 0.3) is 0 Å². The minimum absolute atomic E-state index is 0.256. The van der Waals surface area contributed by atoms with Gasteiger partial charge in [-0.15, -0.1) is 11.8 Å². The zero-order valence-corrected chi connectivity index (χ0v) is 11.6. The van der Waals surface area contributed by atoms with E-state index >= 15 is 0 Å². The lowest BCUT2D eigenvalue weighted by Crippen LogP contribution is -2.28. The first-order chi connectivity index (χ1) is 9.40. The highest BCUT2D eigenvalue weighted by Gasteiger charge is 2.22. The van der Waals surface area contributed by atoms with E-state index in [-0.39, 0.29) is 6.04 Å². The van der Waals surface area contributed by atoms with Gasteiger partial charge < -0.3 is 11.1 Å². The van der Waals surface area contributed by atoms with E-state index in [1.807, 2.05) is 11.8 Å². The molecule has 3 heteroatoms. The van der Waals surface area contributed by atoms with Gasteiger partial charge in [-0.3, -0.25) is 0 Å². The zero-order valence-electron chi connectivity index (χ0n) is 10.8. The number of benzene rings is 2. The number of hydrogen-bond donors (Lipinski definition) is 2. The summed E-state index contributed by atoms with van der Waals surface area (Å²) in [5, 5.41) is 3.59. The molecule has 0 amide bonds. The molecule has 0 aromatic heterocycles. The Bertz CT molecular complexity index is 521. The van der Waals surface area contributed by atoms with Crippen LogP contribution in [0, 0.1) is 0 Å². The summed E-state index contributed by atoms with van der Waals surface area (Å²) in [5.41, 5.74) is 9.82. The summed E-state index contributed by atoms with van der Waals surface area (Å²) < 4.78 is 0. The summed E-state index contributed by atoms with van der Waals surface area (Å²) in [7, 11) is 0. The van der Waals surface area contributed by atoms with Crippen LogP contribution in [0.25, 0.3) is 0 Å². The molecule has 0 fully saturated rings. The third-order valence-corrected chi connectivity index (χ3v) is 4.61. The van der Waals surface area contributed by atoms with Crippen LogP contribution in [0.2, 0.25) is 0 Å². The highest BCUT2D eigenvalue weighted by atomic mass is 32.2. The third-order valence-electron chi connectivity index (χ3n) is 3.47. The second kappa shape index (κ2) is 5.78. The third kappa shape index (κ3) is 2.54. The standard InChI is InChI=1S/C16H18N2S/c17-9-10-18-16-13-6-2-1-5-12(13)11-19-15-8-4-3-7-14(15)16/h1-8,16,18H,9-11,17H2. The average molecular weight is 270 g/mol. The number of nitrogens with one attached hydrogen (secondary N) is 1. The van der Waals surface area contributed by atoms with Crippen LogP contribution in [-0.2, 0) is 5.75 Å². The van der Waals surface area contributed by atoms with Gasteiger partial charge in [0.15, 0.2) is 0 Å². The molecule has 0 radical (unpaired) electrons. The number of fused-ring (bicyclic) bond motifs is 2. The molecule has 0 saturated carbocycles. The van der Waals surface area contributed by atoms with Crippen molar-refractivity contribution in [2.24, 2.45) is 5.73 Å². The molecule has 0 aliphatic carbocycles. The maximum absolute atomic E-state index is 5.66. The lowest BCUT2D eigenvalue weighted by atomic mass is 9.95. The Kier molecular flexibility index (Phi) is 3.87. The molecule has 1 atom stereocenters. The Hall–Kier alpha value is -1.29. The normalized spacial score (nSPS) is 17.4. The van der Waals surface area contributed by atoms with Crippen molar-refractivity contribution in [1.29, 1.82) is 0 Å². The average Bonchev–Trinajstić information content (AvgIpc) is 2.62. The van der Waals surface area contributed by atoms with E-state index in [1.165, 1.54) is 21.6 Å². The molecule has 2 aromatic rings. The number of nitrogens with two attached hydrogens (primary N) is 1. The molecule has 98 valence electrons. The van der Waals surface area contributed by atoms with Crippen molar-refractivity contribution >= 4 is 11.8 Å². The van der Waals surface area contributed by atoms with E-state index in [4.69, 9.17) is 5.73 Å². The fourth-order valence-electron chi connectivity index (χ4n) is 2.57. The van der Waals surface area contributed by atoms with Gasteiger partial charge in [0.1, 0.15) is 0 Å². The van der Waals surface area contributed by atoms with Crippen molar-refractivity contribution in [2.75, 3.05) is 13.1 Å². The SMILES string of the molecule is NCCNC1c2ccccc2CSc2ccccc21. The molecule has 1 unspecified atom stereocenters. The largest absolute Gasteiger partial charge is 0.329 e. The van der Waals surface area contributed by atoms with E-state index in [1.54, 1.807) is 0 Å². The van der Waals surface area contributed by atoms with E-state index in [2.05, 4.69) is 53.8 Å². The molecule has 2 nitrogen and oxygen atoms in total. The second-order valence-corrected chi connectivity index (χ2v) is 5.72. The Morgan fingerprint density at radius 1 is 1.05 bits per heavy atom. The first kappa shape index (κ1) is 12.7. The maximum atomic E-state index is 5.66. The molecule has 19 heavy (non-hydrogen) atoms. The molecule has 1 aliphatic rings.